The molecule has 32 heavy (non-hydrogen) atoms. The summed E-state index contributed by atoms with van der Waals surface area (Å²) in [5, 5.41) is 20.0. The van der Waals surface area contributed by atoms with Gasteiger partial charge < -0.3 is 21.1 Å². The lowest BCUT2D eigenvalue weighted by molar-refractivity contribution is 0.277. The van der Waals surface area contributed by atoms with Crippen molar-refractivity contribution in [2.75, 3.05) is 35.6 Å². The Morgan fingerprint density at radius 1 is 1.00 bits per heavy atom. The third-order valence-electron chi connectivity index (χ3n) is 6.43. The largest absolute Gasteiger partial charge is 0.507 e. The number of hydrogen-bond acceptors (Lipinski definition) is 8. The predicted molar refractivity (Wildman–Crippen MR) is 133 cm³/mol. The van der Waals surface area contributed by atoms with Crippen molar-refractivity contribution in [2.45, 2.75) is 70.4 Å². The molecule has 0 spiro atoms. The normalized spacial score (nSPS) is 20.1. The summed E-state index contributed by atoms with van der Waals surface area (Å²) in [5.74, 6) is 1.87. The summed E-state index contributed by atoms with van der Waals surface area (Å²) in [6.07, 6.45) is 9.84. The molecule has 2 fully saturated rings. The molecule has 0 bridgehead atoms. The van der Waals surface area contributed by atoms with Crippen LogP contribution in [0.4, 0.5) is 23.5 Å². The van der Waals surface area contributed by atoms with E-state index in [-0.39, 0.29) is 5.75 Å². The Kier molecular flexibility index (Phi) is 8.02. The van der Waals surface area contributed by atoms with Crippen LogP contribution in [0.1, 0.15) is 58.3 Å². The van der Waals surface area contributed by atoms with Crippen LogP contribution < -0.4 is 16.0 Å². The van der Waals surface area contributed by atoms with Crippen LogP contribution >= 0.6 is 15.9 Å². The van der Waals surface area contributed by atoms with Crippen molar-refractivity contribution in [3.63, 3.8) is 0 Å². The molecule has 2 heterocycles. The Morgan fingerprint density at radius 2 is 1.75 bits per heavy atom. The molecular formula is C23H34BrN7O. The molecule has 4 N–H and O–H groups in total. The van der Waals surface area contributed by atoms with E-state index in [1.807, 2.05) is 6.07 Å². The van der Waals surface area contributed by atoms with E-state index in [1.165, 1.54) is 38.5 Å². The Morgan fingerprint density at radius 3 is 2.50 bits per heavy atom. The zero-order chi connectivity index (χ0) is 22.3. The zero-order valence-electron chi connectivity index (χ0n) is 18.8. The van der Waals surface area contributed by atoms with Crippen LogP contribution in [-0.2, 0) is 0 Å². The number of phenols is 1. The number of anilines is 4. The van der Waals surface area contributed by atoms with E-state index >= 15 is 0 Å². The molecule has 1 saturated heterocycles. The predicted octanol–water partition coefficient (Wildman–Crippen LogP) is 5.11. The number of phenolic OH excluding ortho intramolecular Hbond substituents is 1. The van der Waals surface area contributed by atoms with Gasteiger partial charge in [-0.15, -0.1) is 0 Å². The van der Waals surface area contributed by atoms with Crippen molar-refractivity contribution < 1.29 is 5.11 Å². The van der Waals surface area contributed by atoms with Gasteiger partial charge in [0.25, 0.3) is 0 Å². The summed E-state index contributed by atoms with van der Waals surface area (Å²) in [6, 6.07) is 6.15. The van der Waals surface area contributed by atoms with Gasteiger partial charge in [-0.2, -0.15) is 15.0 Å². The van der Waals surface area contributed by atoms with E-state index < -0.39 is 0 Å². The first-order chi connectivity index (χ1) is 15.6. The smallest absolute Gasteiger partial charge is 0.233 e. The number of halogens is 1. The fourth-order valence-electron chi connectivity index (χ4n) is 4.65. The molecule has 0 amide bonds. The monoisotopic (exact) mass is 503 g/mol. The van der Waals surface area contributed by atoms with Crippen LogP contribution in [0.25, 0.3) is 0 Å². The molecule has 9 heteroatoms. The molecule has 174 valence electrons. The maximum absolute atomic E-state index is 9.78. The number of benzene rings is 1. The highest BCUT2D eigenvalue weighted by molar-refractivity contribution is 9.10. The third-order valence-corrected chi connectivity index (χ3v) is 7.06. The van der Waals surface area contributed by atoms with Crippen molar-refractivity contribution in [1.82, 2.24) is 19.9 Å². The lowest BCUT2D eigenvalue weighted by Crippen LogP contribution is -2.35. The van der Waals surface area contributed by atoms with E-state index in [0.29, 0.717) is 34.4 Å². The van der Waals surface area contributed by atoms with Gasteiger partial charge in [0.1, 0.15) is 5.75 Å². The number of nitrogens with zero attached hydrogens (tertiary/aromatic N) is 4. The second-order valence-corrected chi connectivity index (χ2v) is 9.59. The van der Waals surface area contributed by atoms with Crippen molar-refractivity contribution in [3.05, 3.63) is 22.7 Å². The van der Waals surface area contributed by atoms with Crippen LogP contribution in [0.15, 0.2) is 22.7 Å². The summed E-state index contributed by atoms with van der Waals surface area (Å²) in [6.45, 7) is 5.27. The number of likely N-dealkylation sites (N-methyl/N-ethyl adjacent to an activating group) is 1. The number of nitrogens with one attached hydrogen (secondary N) is 3. The van der Waals surface area contributed by atoms with E-state index in [4.69, 9.17) is 4.98 Å². The SMILES string of the molecule is CCN1CCCC1CNc1nc(Nc2ccc(O)c(Br)c2)nc(NC2CCCCCC2)n1. The Labute approximate surface area is 198 Å². The van der Waals surface area contributed by atoms with Crippen LogP contribution in [0, 0.1) is 0 Å². The number of likely N-dealkylation sites (tertiary alicyclic amines) is 1. The third kappa shape index (κ3) is 6.22. The quantitative estimate of drug-likeness (QED) is 0.291. The molecule has 1 aliphatic heterocycles. The van der Waals surface area contributed by atoms with Crippen molar-refractivity contribution in [2.24, 2.45) is 0 Å². The topological polar surface area (TPSA) is 98.2 Å². The fraction of sp³-hybridized carbons (Fsp3) is 0.609. The van der Waals surface area contributed by atoms with Gasteiger partial charge in [-0.05, 0) is 72.9 Å². The molecule has 2 aliphatic rings. The van der Waals surface area contributed by atoms with Crippen molar-refractivity contribution >= 4 is 39.5 Å². The molecule has 8 nitrogen and oxygen atoms in total. The maximum atomic E-state index is 9.78. The molecule has 4 rings (SSSR count). The van der Waals surface area contributed by atoms with E-state index in [9.17, 15) is 5.11 Å². The Hall–Kier alpha value is -2.13. The molecule has 0 radical (unpaired) electrons. The van der Waals surface area contributed by atoms with Crippen LogP contribution in [0.3, 0.4) is 0 Å². The highest BCUT2D eigenvalue weighted by Crippen LogP contribution is 2.28. The molecule has 1 saturated carbocycles. The lowest BCUT2D eigenvalue weighted by atomic mass is 10.1. The molecule has 1 atom stereocenters. The summed E-state index contributed by atoms with van der Waals surface area (Å²) < 4.78 is 0.618. The van der Waals surface area contributed by atoms with Gasteiger partial charge in [-0.1, -0.05) is 32.6 Å². The minimum absolute atomic E-state index is 0.196. The van der Waals surface area contributed by atoms with Crippen LogP contribution in [0.5, 0.6) is 5.75 Å². The standard InChI is InChI=1S/C23H34BrN7O/c1-2-31-13-7-10-18(31)15-25-21-28-22(26-16-8-5-3-4-6-9-16)30-23(29-21)27-17-11-12-20(32)19(24)14-17/h11-12,14,16,18,32H,2-10,13,15H2,1H3,(H3,25,26,27,28,29,30). The van der Waals surface area contributed by atoms with Crippen LogP contribution in [-0.4, -0.2) is 56.7 Å². The minimum Gasteiger partial charge on any atom is -0.507 e. The summed E-state index contributed by atoms with van der Waals surface area (Å²) >= 11 is 3.36. The van der Waals surface area contributed by atoms with Gasteiger partial charge in [0.05, 0.1) is 4.47 Å². The number of aromatic nitrogens is 3. The van der Waals surface area contributed by atoms with Gasteiger partial charge in [-0.25, -0.2) is 0 Å². The van der Waals surface area contributed by atoms with E-state index in [0.717, 1.165) is 38.2 Å². The van der Waals surface area contributed by atoms with Crippen molar-refractivity contribution in [1.29, 1.82) is 0 Å². The summed E-state index contributed by atoms with van der Waals surface area (Å²) in [7, 11) is 0. The highest BCUT2D eigenvalue weighted by Gasteiger charge is 2.23. The molecular weight excluding hydrogens is 470 g/mol. The molecule has 1 aromatic heterocycles. The number of aromatic hydroxyl groups is 1. The lowest BCUT2D eigenvalue weighted by Gasteiger charge is -2.23. The maximum Gasteiger partial charge on any atom is 0.233 e. The van der Waals surface area contributed by atoms with Crippen molar-refractivity contribution in [3.8, 4) is 5.75 Å². The van der Waals surface area contributed by atoms with Gasteiger partial charge >= 0.3 is 0 Å². The first-order valence-electron chi connectivity index (χ1n) is 11.9. The zero-order valence-corrected chi connectivity index (χ0v) is 20.4. The molecule has 1 unspecified atom stereocenters. The molecule has 1 aromatic carbocycles. The van der Waals surface area contributed by atoms with Gasteiger partial charge in [-0.3, -0.25) is 4.90 Å². The summed E-state index contributed by atoms with van der Waals surface area (Å²) in [5.41, 5.74) is 0.792. The van der Waals surface area contributed by atoms with Gasteiger partial charge in [0, 0.05) is 24.3 Å². The average molecular weight is 504 g/mol. The fourth-order valence-corrected chi connectivity index (χ4v) is 5.03. The second-order valence-electron chi connectivity index (χ2n) is 8.74. The first kappa shape index (κ1) is 23.0. The number of hydrogen-bond donors (Lipinski definition) is 4. The second kappa shape index (κ2) is 11.1. The Bertz CT molecular complexity index is 889. The van der Waals surface area contributed by atoms with E-state index in [2.05, 4.69) is 53.7 Å². The van der Waals surface area contributed by atoms with Gasteiger partial charge in [0.15, 0.2) is 0 Å². The highest BCUT2D eigenvalue weighted by atomic mass is 79.9. The van der Waals surface area contributed by atoms with Crippen LogP contribution in [0.2, 0.25) is 0 Å². The first-order valence-corrected chi connectivity index (χ1v) is 12.7. The number of rotatable bonds is 8. The average Bonchev–Trinajstić information content (AvgIpc) is 3.09. The molecule has 2 aromatic rings. The minimum atomic E-state index is 0.196. The summed E-state index contributed by atoms with van der Waals surface area (Å²) in [4.78, 5) is 16.5. The van der Waals surface area contributed by atoms with E-state index in [1.54, 1.807) is 12.1 Å². The molecule has 1 aliphatic carbocycles. The van der Waals surface area contributed by atoms with Gasteiger partial charge in [0.2, 0.25) is 17.8 Å². The Balaban J connectivity index is 1.51.